The molecule has 5 heteroatoms. The number of carbonyl (C=O) groups is 1. The molecule has 0 amide bonds. The number of aliphatic hydroxyl groups is 1. The Kier molecular flexibility index (Phi) is 3.79. The van der Waals surface area contributed by atoms with Crippen molar-refractivity contribution in [2.75, 3.05) is 12.8 Å². The predicted octanol–water partition coefficient (Wildman–Crippen LogP) is 2.38. The van der Waals surface area contributed by atoms with Crippen LogP contribution >= 0.6 is 11.6 Å². The number of nitrogen functional groups attached to an aromatic ring is 1. The molecule has 0 spiro atoms. The van der Waals surface area contributed by atoms with Gasteiger partial charge in [0.25, 0.3) is 0 Å². The second kappa shape index (κ2) is 4.90. The second-order valence-corrected chi connectivity index (χ2v) is 3.56. The van der Waals surface area contributed by atoms with Crippen molar-refractivity contribution in [1.29, 1.82) is 0 Å². The van der Waals surface area contributed by atoms with E-state index in [1.807, 2.05) is 0 Å². The van der Waals surface area contributed by atoms with E-state index in [0.717, 1.165) is 0 Å². The average Bonchev–Trinajstić information content (AvgIpc) is 2.22. The summed E-state index contributed by atoms with van der Waals surface area (Å²) in [6.45, 7) is 1.37. The van der Waals surface area contributed by atoms with Gasteiger partial charge in [-0.05, 0) is 19.1 Å². The fourth-order valence-electron chi connectivity index (χ4n) is 1.34. The molecule has 0 aliphatic rings. The molecular weight excluding hydrogens is 230 g/mol. The van der Waals surface area contributed by atoms with E-state index in [0.29, 0.717) is 5.69 Å². The lowest BCUT2D eigenvalue weighted by atomic mass is 10.0. The van der Waals surface area contributed by atoms with Gasteiger partial charge in [0.05, 0.1) is 12.1 Å². The van der Waals surface area contributed by atoms with Crippen LogP contribution in [0.2, 0.25) is 5.02 Å². The summed E-state index contributed by atoms with van der Waals surface area (Å²) in [6.07, 6.45) is 0. The number of hydrogen-bond acceptors (Lipinski definition) is 4. The van der Waals surface area contributed by atoms with Crippen LogP contribution < -0.4 is 5.73 Å². The van der Waals surface area contributed by atoms with E-state index >= 15 is 0 Å². The number of carbonyl (C=O) groups excluding carboxylic acids is 1. The highest BCUT2D eigenvalue weighted by Gasteiger charge is 2.21. The highest BCUT2D eigenvalue weighted by atomic mass is 35.5. The highest BCUT2D eigenvalue weighted by molar-refractivity contribution is 6.35. The molecule has 0 heterocycles. The van der Waals surface area contributed by atoms with Crippen LogP contribution in [-0.4, -0.2) is 18.2 Å². The Morgan fingerprint density at radius 3 is 2.56 bits per heavy atom. The molecule has 0 aliphatic carbocycles. The fourth-order valence-corrected chi connectivity index (χ4v) is 1.61. The summed E-state index contributed by atoms with van der Waals surface area (Å²) >= 11 is 5.94. The maximum atomic E-state index is 11.5. The summed E-state index contributed by atoms with van der Waals surface area (Å²) in [6, 6.07) is 4.83. The lowest BCUT2D eigenvalue weighted by molar-refractivity contribution is -0.133. The molecule has 0 aromatic heterocycles. The van der Waals surface area contributed by atoms with Crippen LogP contribution in [0, 0.1) is 0 Å². The van der Waals surface area contributed by atoms with Crippen molar-refractivity contribution in [3.05, 3.63) is 34.5 Å². The maximum Gasteiger partial charge on any atom is 0.342 e. The maximum absolute atomic E-state index is 11.5. The van der Waals surface area contributed by atoms with Crippen molar-refractivity contribution in [3.63, 3.8) is 0 Å². The van der Waals surface area contributed by atoms with Crippen LogP contribution in [0.3, 0.4) is 0 Å². The number of halogens is 1. The van der Waals surface area contributed by atoms with E-state index in [4.69, 9.17) is 17.3 Å². The van der Waals surface area contributed by atoms with Crippen LogP contribution in [0.4, 0.5) is 5.69 Å². The minimum absolute atomic E-state index is 0.0226. The van der Waals surface area contributed by atoms with E-state index in [-0.39, 0.29) is 21.9 Å². The SMILES string of the molecule is COC(=O)/C(=C(/C)O)c1c(N)cccc1Cl. The lowest BCUT2D eigenvalue weighted by Crippen LogP contribution is -2.08. The van der Waals surface area contributed by atoms with Gasteiger partial charge < -0.3 is 15.6 Å². The first-order valence-corrected chi connectivity index (χ1v) is 4.89. The summed E-state index contributed by atoms with van der Waals surface area (Å²) < 4.78 is 4.57. The van der Waals surface area contributed by atoms with Gasteiger partial charge >= 0.3 is 5.97 Å². The third-order valence-electron chi connectivity index (χ3n) is 2.05. The van der Waals surface area contributed by atoms with Crippen molar-refractivity contribution in [2.45, 2.75) is 6.92 Å². The number of aliphatic hydroxyl groups excluding tert-OH is 1. The topological polar surface area (TPSA) is 72.5 Å². The number of ether oxygens (including phenoxy) is 1. The number of benzene rings is 1. The Hall–Kier alpha value is -1.68. The van der Waals surface area contributed by atoms with Gasteiger partial charge in [0.2, 0.25) is 0 Å². The van der Waals surface area contributed by atoms with Gasteiger partial charge in [-0.2, -0.15) is 0 Å². The summed E-state index contributed by atoms with van der Waals surface area (Å²) in [5.41, 5.74) is 6.29. The van der Waals surface area contributed by atoms with E-state index in [1.165, 1.54) is 14.0 Å². The van der Waals surface area contributed by atoms with Crippen LogP contribution in [0.5, 0.6) is 0 Å². The van der Waals surface area contributed by atoms with E-state index < -0.39 is 5.97 Å². The minimum Gasteiger partial charge on any atom is -0.512 e. The number of rotatable bonds is 2. The van der Waals surface area contributed by atoms with E-state index in [2.05, 4.69) is 4.74 Å². The number of methoxy groups -OCH3 is 1. The van der Waals surface area contributed by atoms with E-state index in [1.54, 1.807) is 18.2 Å². The molecule has 0 aliphatic heterocycles. The lowest BCUT2D eigenvalue weighted by Gasteiger charge is -2.11. The quantitative estimate of drug-likeness (QED) is 0.361. The van der Waals surface area contributed by atoms with Gasteiger partial charge in [0.15, 0.2) is 0 Å². The van der Waals surface area contributed by atoms with Gasteiger partial charge in [-0.15, -0.1) is 0 Å². The molecule has 1 rings (SSSR count). The molecule has 0 saturated heterocycles. The standard InChI is InChI=1S/C11H12ClNO3/c1-6(14)9(11(15)16-2)10-7(12)4-3-5-8(10)13/h3-5,14H,13H2,1-2H3/b9-6-. The van der Waals surface area contributed by atoms with Gasteiger partial charge in [0.1, 0.15) is 11.3 Å². The van der Waals surface area contributed by atoms with Gasteiger partial charge in [-0.3, -0.25) is 0 Å². The van der Waals surface area contributed by atoms with Gasteiger partial charge in [0, 0.05) is 11.3 Å². The number of anilines is 1. The molecule has 1 aromatic rings. The molecule has 16 heavy (non-hydrogen) atoms. The first kappa shape index (κ1) is 12.4. The van der Waals surface area contributed by atoms with Crippen LogP contribution in [0.15, 0.2) is 24.0 Å². The molecule has 0 saturated carbocycles. The van der Waals surface area contributed by atoms with Gasteiger partial charge in [-0.1, -0.05) is 17.7 Å². The molecule has 0 atom stereocenters. The molecule has 3 N–H and O–H groups in total. The van der Waals surface area contributed by atoms with Crippen molar-refractivity contribution in [3.8, 4) is 0 Å². The van der Waals surface area contributed by atoms with E-state index in [9.17, 15) is 9.90 Å². The largest absolute Gasteiger partial charge is 0.512 e. The Balaban J connectivity index is 3.46. The Morgan fingerprint density at radius 2 is 2.12 bits per heavy atom. The van der Waals surface area contributed by atoms with Crippen molar-refractivity contribution in [1.82, 2.24) is 0 Å². The van der Waals surface area contributed by atoms with Crippen molar-refractivity contribution in [2.24, 2.45) is 0 Å². The molecular formula is C11H12ClNO3. The zero-order chi connectivity index (χ0) is 12.3. The number of hydrogen-bond donors (Lipinski definition) is 2. The third-order valence-corrected chi connectivity index (χ3v) is 2.36. The van der Waals surface area contributed by atoms with Gasteiger partial charge in [-0.25, -0.2) is 4.79 Å². The number of nitrogens with two attached hydrogens (primary N) is 1. The number of allylic oxidation sites excluding steroid dienone is 1. The predicted molar refractivity (Wildman–Crippen MR) is 63.1 cm³/mol. The average molecular weight is 242 g/mol. The molecule has 86 valence electrons. The second-order valence-electron chi connectivity index (χ2n) is 3.16. The Morgan fingerprint density at radius 1 is 1.50 bits per heavy atom. The smallest absolute Gasteiger partial charge is 0.342 e. The first-order valence-electron chi connectivity index (χ1n) is 4.51. The zero-order valence-corrected chi connectivity index (χ0v) is 9.71. The molecule has 0 fully saturated rings. The fraction of sp³-hybridized carbons (Fsp3) is 0.182. The van der Waals surface area contributed by atoms with Crippen molar-refractivity contribution >= 4 is 28.8 Å². The third kappa shape index (κ3) is 2.28. The summed E-state index contributed by atoms with van der Waals surface area (Å²) in [7, 11) is 1.22. The zero-order valence-electron chi connectivity index (χ0n) is 8.95. The first-order chi connectivity index (χ1) is 7.49. The normalized spacial score (nSPS) is 11.9. The van der Waals surface area contributed by atoms with Crippen LogP contribution in [0.25, 0.3) is 5.57 Å². The highest BCUT2D eigenvalue weighted by Crippen LogP contribution is 2.31. The molecule has 0 bridgehead atoms. The minimum atomic E-state index is -0.681. The molecule has 0 unspecified atom stereocenters. The van der Waals surface area contributed by atoms with Crippen molar-refractivity contribution < 1.29 is 14.6 Å². The monoisotopic (exact) mass is 241 g/mol. The number of esters is 1. The summed E-state index contributed by atoms with van der Waals surface area (Å²) in [4.78, 5) is 11.5. The summed E-state index contributed by atoms with van der Waals surface area (Å²) in [5, 5.41) is 9.77. The van der Waals surface area contributed by atoms with Crippen LogP contribution in [0.1, 0.15) is 12.5 Å². The molecule has 0 radical (unpaired) electrons. The summed E-state index contributed by atoms with van der Waals surface area (Å²) in [5.74, 6) is -0.869. The molecule has 1 aromatic carbocycles. The Labute approximate surface area is 98.3 Å². The molecule has 4 nitrogen and oxygen atoms in total. The van der Waals surface area contributed by atoms with Crippen LogP contribution in [-0.2, 0) is 9.53 Å². The Bertz CT molecular complexity index is 430.